The summed E-state index contributed by atoms with van der Waals surface area (Å²) in [5.74, 6) is -0.0765. The van der Waals surface area contributed by atoms with Crippen LogP contribution < -0.4 is 0 Å². The standard InChI is InChI=1S/C15H13Cl3O/c16-12-6-5-10(15(18)8-12)7-11(9-19)13-3-1-2-4-14(13)17/h1-6,8,11,19H,7,9H2/t11-/m0/s1. The van der Waals surface area contributed by atoms with Crippen LogP contribution in [-0.2, 0) is 6.42 Å². The minimum atomic E-state index is -0.0765. The van der Waals surface area contributed by atoms with Gasteiger partial charge in [0.2, 0.25) is 0 Å². The van der Waals surface area contributed by atoms with Crippen LogP contribution in [0.5, 0.6) is 0 Å². The van der Waals surface area contributed by atoms with Crippen LogP contribution in [0, 0.1) is 0 Å². The molecule has 100 valence electrons. The average Bonchev–Trinajstić information content (AvgIpc) is 2.39. The molecule has 0 aromatic heterocycles. The van der Waals surface area contributed by atoms with Crippen molar-refractivity contribution >= 4 is 34.8 Å². The van der Waals surface area contributed by atoms with Gasteiger partial charge in [-0.25, -0.2) is 0 Å². The second-order valence-electron chi connectivity index (χ2n) is 4.34. The van der Waals surface area contributed by atoms with Gasteiger partial charge in [0.05, 0.1) is 6.61 Å². The van der Waals surface area contributed by atoms with Gasteiger partial charge in [-0.2, -0.15) is 0 Å². The van der Waals surface area contributed by atoms with E-state index in [1.807, 2.05) is 30.3 Å². The number of aliphatic hydroxyl groups is 1. The van der Waals surface area contributed by atoms with Crippen LogP contribution >= 0.6 is 34.8 Å². The molecule has 4 heteroatoms. The zero-order valence-electron chi connectivity index (χ0n) is 10.1. The number of aliphatic hydroxyl groups excluding tert-OH is 1. The summed E-state index contributed by atoms with van der Waals surface area (Å²) in [6.45, 7) is 0.0166. The highest BCUT2D eigenvalue weighted by Crippen LogP contribution is 2.30. The maximum Gasteiger partial charge on any atom is 0.0503 e. The minimum Gasteiger partial charge on any atom is -0.396 e. The lowest BCUT2D eigenvalue weighted by atomic mass is 9.92. The molecule has 0 saturated carbocycles. The Morgan fingerprint density at radius 1 is 0.947 bits per heavy atom. The normalized spacial score (nSPS) is 12.4. The fourth-order valence-corrected chi connectivity index (χ4v) is 2.81. The Bertz CT molecular complexity index is 569. The van der Waals surface area contributed by atoms with Gasteiger partial charge in [0.1, 0.15) is 0 Å². The second-order valence-corrected chi connectivity index (χ2v) is 5.59. The maximum atomic E-state index is 9.58. The van der Waals surface area contributed by atoms with E-state index in [0.29, 0.717) is 21.5 Å². The van der Waals surface area contributed by atoms with E-state index in [2.05, 4.69) is 0 Å². The molecule has 0 unspecified atom stereocenters. The molecule has 0 aliphatic carbocycles. The number of hydrogen-bond donors (Lipinski definition) is 1. The maximum absolute atomic E-state index is 9.58. The molecule has 0 saturated heterocycles. The Hall–Kier alpha value is -0.730. The molecule has 2 aromatic rings. The highest BCUT2D eigenvalue weighted by Gasteiger charge is 2.15. The molecule has 0 aliphatic rings. The Morgan fingerprint density at radius 3 is 2.32 bits per heavy atom. The highest BCUT2D eigenvalue weighted by molar-refractivity contribution is 6.35. The van der Waals surface area contributed by atoms with Crippen LogP contribution in [0.25, 0.3) is 0 Å². The first-order valence-corrected chi connectivity index (χ1v) is 7.04. The van der Waals surface area contributed by atoms with Crippen LogP contribution in [-0.4, -0.2) is 11.7 Å². The second kappa shape index (κ2) is 6.62. The predicted octanol–water partition coefficient (Wildman–Crippen LogP) is 4.97. The molecule has 2 rings (SSSR count). The van der Waals surface area contributed by atoms with Gasteiger partial charge in [-0.15, -0.1) is 0 Å². The molecule has 1 nitrogen and oxygen atoms in total. The Balaban J connectivity index is 2.27. The van der Waals surface area contributed by atoms with Crippen LogP contribution in [0.1, 0.15) is 17.0 Å². The van der Waals surface area contributed by atoms with Gasteiger partial charge in [-0.05, 0) is 35.7 Å². The van der Waals surface area contributed by atoms with Gasteiger partial charge in [0.15, 0.2) is 0 Å². The van der Waals surface area contributed by atoms with Crippen molar-refractivity contribution in [2.75, 3.05) is 6.61 Å². The lowest BCUT2D eigenvalue weighted by Crippen LogP contribution is -2.08. The van der Waals surface area contributed by atoms with Gasteiger partial charge >= 0.3 is 0 Å². The van der Waals surface area contributed by atoms with Crippen molar-refractivity contribution < 1.29 is 5.11 Å². The topological polar surface area (TPSA) is 20.2 Å². The lowest BCUT2D eigenvalue weighted by Gasteiger charge is -2.17. The Labute approximate surface area is 127 Å². The molecule has 1 N–H and O–H groups in total. The minimum absolute atomic E-state index is 0.0166. The summed E-state index contributed by atoms with van der Waals surface area (Å²) in [6.07, 6.45) is 0.621. The Morgan fingerprint density at radius 2 is 1.68 bits per heavy atom. The summed E-state index contributed by atoms with van der Waals surface area (Å²) in [4.78, 5) is 0. The molecule has 0 heterocycles. The van der Waals surface area contributed by atoms with E-state index in [1.165, 1.54) is 0 Å². The molecule has 0 fully saturated rings. The van der Waals surface area contributed by atoms with Crippen molar-refractivity contribution in [3.8, 4) is 0 Å². The first kappa shape index (κ1) is 14.7. The first-order chi connectivity index (χ1) is 9.11. The molecule has 0 aliphatic heterocycles. The van der Waals surface area contributed by atoms with Gasteiger partial charge in [-0.3, -0.25) is 0 Å². The van der Waals surface area contributed by atoms with E-state index < -0.39 is 0 Å². The molecule has 1 atom stereocenters. The van der Waals surface area contributed by atoms with E-state index in [1.54, 1.807) is 12.1 Å². The molecule has 0 radical (unpaired) electrons. The third-order valence-corrected chi connectivity index (χ3v) is 3.98. The van der Waals surface area contributed by atoms with Crippen LogP contribution in [0.2, 0.25) is 15.1 Å². The molecular formula is C15H13Cl3O. The quantitative estimate of drug-likeness (QED) is 0.845. The summed E-state index contributed by atoms with van der Waals surface area (Å²) in [5, 5.41) is 11.5. The predicted molar refractivity (Wildman–Crippen MR) is 81.4 cm³/mol. The van der Waals surface area contributed by atoms with Crippen molar-refractivity contribution in [2.45, 2.75) is 12.3 Å². The van der Waals surface area contributed by atoms with Crippen LogP contribution in [0.4, 0.5) is 0 Å². The molecule has 0 spiro atoms. The van der Waals surface area contributed by atoms with Crippen LogP contribution in [0.15, 0.2) is 42.5 Å². The summed E-state index contributed by atoms with van der Waals surface area (Å²) < 4.78 is 0. The van der Waals surface area contributed by atoms with Crippen molar-refractivity contribution in [1.29, 1.82) is 0 Å². The zero-order chi connectivity index (χ0) is 13.8. The van der Waals surface area contributed by atoms with Crippen molar-refractivity contribution in [2.24, 2.45) is 0 Å². The van der Waals surface area contributed by atoms with E-state index in [0.717, 1.165) is 11.1 Å². The summed E-state index contributed by atoms with van der Waals surface area (Å²) >= 11 is 18.2. The summed E-state index contributed by atoms with van der Waals surface area (Å²) in [7, 11) is 0. The molecule has 2 aromatic carbocycles. The monoisotopic (exact) mass is 314 g/mol. The molecule has 0 bridgehead atoms. The largest absolute Gasteiger partial charge is 0.396 e. The smallest absolute Gasteiger partial charge is 0.0503 e. The summed E-state index contributed by atoms with van der Waals surface area (Å²) in [5.41, 5.74) is 1.88. The van der Waals surface area contributed by atoms with Gasteiger partial charge in [0.25, 0.3) is 0 Å². The molecule has 19 heavy (non-hydrogen) atoms. The van der Waals surface area contributed by atoms with E-state index in [4.69, 9.17) is 34.8 Å². The first-order valence-electron chi connectivity index (χ1n) is 5.91. The third kappa shape index (κ3) is 3.64. The number of benzene rings is 2. The number of hydrogen-bond acceptors (Lipinski definition) is 1. The van der Waals surface area contributed by atoms with Gasteiger partial charge in [-0.1, -0.05) is 59.1 Å². The fraction of sp³-hybridized carbons (Fsp3) is 0.200. The van der Waals surface area contributed by atoms with E-state index >= 15 is 0 Å². The summed E-state index contributed by atoms with van der Waals surface area (Å²) in [6, 6.07) is 12.9. The number of rotatable bonds is 4. The molecule has 0 amide bonds. The van der Waals surface area contributed by atoms with E-state index in [-0.39, 0.29) is 12.5 Å². The van der Waals surface area contributed by atoms with Crippen molar-refractivity contribution in [3.63, 3.8) is 0 Å². The number of halogens is 3. The Kier molecular flexibility index (Phi) is 5.12. The van der Waals surface area contributed by atoms with Gasteiger partial charge in [0, 0.05) is 21.0 Å². The van der Waals surface area contributed by atoms with E-state index in [9.17, 15) is 5.11 Å². The van der Waals surface area contributed by atoms with Gasteiger partial charge < -0.3 is 5.11 Å². The highest BCUT2D eigenvalue weighted by atomic mass is 35.5. The SMILES string of the molecule is OC[C@H](Cc1ccc(Cl)cc1Cl)c1ccccc1Cl. The van der Waals surface area contributed by atoms with Crippen molar-refractivity contribution in [1.82, 2.24) is 0 Å². The lowest BCUT2D eigenvalue weighted by molar-refractivity contribution is 0.264. The van der Waals surface area contributed by atoms with Crippen LogP contribution in [0.3, 0.4) is 0 Å². The molecular weight excluding hydrogens is 303 g/mol. The zero-order valence-corrected chi connectivity index (χ0v) is 12.4. The van der Waals surface area contributed by atoms with Crippen molar-refractivity contribution in [3.05, 3.63) is 68.7 Å². The fourth-order valence-electron chi connectivity index (χ4n) is 2.03. The third-order valence-electron chi connectivity index (χ3n) is 3.05. The average molecular weight is 316 g/mol.